The molecular formula is C9H10ClN3O3. The normalized spacial score (nSPS) is 20.8. The second-order valence-electron chi connectivity index (χ2n) is 3.36. The number of nitrogens with zero attached hydrogens (tertiary/aromatic N) is 3. The van der Waals surface area contributed by atoms with Gasteiger partial charge >= 0.3 is 5.97 Å². The lowest BCUT2D eigenvalue weighted by Crippen LogP contribution is -2.46. The molecule has 1 aromatic rings. The van der Waals surface area contributed by atoms with Gasteiger partial charge < -0.3 is 14.7 Å². The van der Waals surface area contributed by atoms with Gasteiger partial charge in [-0.15, -0.1) is 10.2 Å². The van der Waals surface area contributed by atoms with E-state index in [4.69, 9.17) is 21.4 Å². The van der Waals surface area contributed by atoms with Gasteiger partial charge in [0.25, 0.3) is 0 Å². The van der Waals surface area contributed by atoms with E-state index in [2.05, 4.69) is 10.2 Å². The maximum Gasteiger partial charge on any atom is 0.334 e. The third kappa shape index (κ3) is 2.40. The van der Waals surface area contributed by atoms with Crippen molar-refractivity contribution in [2.45, 2.75) is 6.10 Å². The Hall–Kier alpha value is -1.40. The lowest BCUT2D eigenvalue weighted by atomic mass is 10.2. The van der Waals surface area contributed by atoms with Crippen LogP contribution in [0.15, 0.2) is 12.1 Å². The number of aromatic nitrogens is 2. The maximum absolute atomic E-state index is 10.8. The van der Waals surface area contributed by atoms with Gasteiger partial charge in [0.2, 0.25) is 0 Å². The van der Waals surface area contributed by atoms with Crippen LogP contribution in [0.1, 0.15) is 0 Å². The summed E-state index contributed by atoms with van der Waals surface area (Å²) in [5.41, 5.74) is 0. The highest BCUT2D eigenvalue weighted by Crippen LogP contribution is 2.15. The molecule has 7 heteroatoms. The highest BCUT2D eigenvalue weighted by Gasteiger charge is 2.26. The molecule has 0 aromatic carbocycles. The number of carbonyl (C=O) groups is 1. The van der Waals surface area contributed by atoms with Crippen molar-refractivity contribution in [2.24, 2.45) is 0 Å². The largest absolute Gasteiger partial charge is 0.479 e. The van der Waals surface area contributed by atoms with Crippen LogP contribution < -0.4 is 4.90 Å². The van der Waals surface area contributed by atoms with Gasteiger partial charge in [-0.05, 0) is 12.1 Å². The van der Waals surface area contributed by atoms with Crippen LogP contribution in [0.2, 0.25) is 5.15 Å². The van der Waals surface area contributed by atoms with Crippen molar-refractivity contribution in [1.82, 2.24) is 10.2 Å². The minimum Gasteiger partial charge on any atom is -0.479 e. The Bertz CT molecular complexity index is 384. The predicted molar refractivity (Wildman–Crippen MR) is 56.6 cm³/mol. The quantitative estimate of drug-likeness (QED) is 0.811. The summed E-state index contributed by atoms with van der Waals surface area (Å²) >= 11 is 5.62. The van der Waals surface area contributed by atoms with E-state index >= 15 is 0 Å². The zero-order valence-electron chi connectivity index (χ0n) is 8.34. The Kier molecular flexibility index (Phi) is 3.21. The number of anilines is 1. The molecule has 0 spiro atoms. The Morgan fingerprint density at radius 2 is 2.38 bits per heavy atom. The average molecular weight is 244 g/mol. The van der Waals surface area contributed by atoms with Crippen LogP contribution in [0.4, 0.5) is 5.82 Å². The molecule has 0 saturated carbocycles. The van der Waals surface area contributed by atoms with Gasteiger partial charge in [0.15, 0.2) is 17.1 Å². The summed E-state index contributed by atoms with van der Waals surface area (Å²) in [4.78, 5) is 12.6. The summed E-state index contributed by atoms with van der Waals surface area (Å²) < 4.78 is 5.10. The molecule has 86 valence electrons. The number of aliphatic carboxylic acids is 1. The first-order valence-electron chi connectivity index (χ1n) is 4.75. The molecule has 2 heterocycles. The molecule has 1 aromatic heterocycles. The zero-order valence-corrected chi connectivity index (χ0v) is 9.09. The van der Waals surface area contributed by atoms with Crippen molar-refractivity contribution < 1.29 is 14.6 Å². The van der Waals surface area contributed by atoms with Gasteiger partial charge in [-0.3, -0.25) is 0 Å². The Morgan fingerprint density at radius 1 is 1.56 bits per heavy atom. The fraction of sp³-hybridized carbons (Fsp3) is 0.444. The lowest BCUT2D eigenvalue weighted by Gasteiger charge is -2.31. The average Bonchev–Trinajstić information content (AvgIpc) is 2.30. The van der Waals surface area contributed by atoms with Crippen LogP contribution in [0, 0.1) is 0 Å². The third-order valence-corrected chi connectivity index (χ3v) is 2.49. The molecule has 1 N–H and O–H groups in total. The second-order valence-corrected chi connectivity index (χ2v) is 3.75. The molecule has 1 aliphatic heterocycles. The molecule has 1 aliphatic rings. The minimum absolute atomic E-state index is 0.269. The summed E-state index contributed by atoms with van der Waals surface area (Å²) in [6, 6.07) is 3.33. The Labute approximate surface area is 96.8 Å². The number of carboxylic acids is 1. The molecule has 0 radical (unpaired) electrons. The van der Waals surface area contributed by atoms with E-state index in [1.165, 1.54) is 0 Å². The molecule has 16 heavy (non-hydrogen) atoms. The molecule has 0 aliphatic carbocycles. The maximum atomic E-state index is 10.8. The number of ether oxygens (including phenoxy) is 1. The van der Waals surface area contributed by atoms with Crippen LogP contribution >= 0.6 is 11.6 Å². The summed E-state index contributed by atoms with van der Waals surface area (Å²) in [5.74, 6) is -0.356. The van der Waals surface area contributed by atoms with Crippen molar-refractivity contribution in [2.75, 3.05) is 24.6 Å². The van der Waals surface area contributed by atoms with E-state index in [1.807, 2.05) is 4.90 Å². The highest BCUT2D eigenvalue weighted by molar-refractivity contribution is 6.29. The summed E-state index contributed by atoms with van der Waals surface area (Å²) in [6.07, 6.45) is -0.814. The van der Waals surface area contributed by atoms with Gasteiger partial charge in [0.05, 0.1) is 13.2 Å². The van der Waals surface area contributed by atoms with Crippen LogP contribution in [-0.4, -0.2) is 47.1 Å². The van der Waals surface area contributed by atoms with Gasteiger partial charge in [0.1, 0.15) is 0 Å². The van der Waals surface area contributed by atoms with Gasteiger partial charge in [0, 0.05) is 6.54 Å². The van der Waals surface area contributed by atoms with E-state index in [0.717, 1.165) is 0 Å². The van der Waals surface area contributed by atoms with E-state index in [0.29, 0.717) is 24.1 Å². The first kappa shape index (κ1) is 11.1. The van der Waals surface area contributed by atoms with E-state index < -0.39 is 12.1 Å². The SMILES string of the molecule is O=C(O)[C@@H]1CN(c2ccc(Cl)nn2)CCO1. The first-order valence-corrected chi connectivity index (χ1v) is 5.13. The van der Waals surface area contributed by atoms with Gasteiger partial charge in [-0.1, -0.05) is 11.6 Å². The number of hydrogen-bond acceptors (Lipinski definition) is 5. The van der Waals surface area contributed by atoms with Crippen LogP contribution in [-0.2, 0) is 9.53 Å². The third-order valence-electron chi connectivity index (χ3n) is 2.28. The topological polar surface area (TPSA) is 75.5 Å². The zero-order chi connectivity index (χ0) is 11.5. The standard InChI is InChI=1S/C9H10ClN3O3/c10-7-1-2-8(12-11-7)13-3-4-16-6(5-13)9(14)15/h1-2,6H,3-5H2,(H,14,15)/t6-/m0/s1. The van der Waals surface area contributed by atoms with Crippen molar-refractivity contribution in [3.05, 3.63) is 17.3 Å². The van der Waals surface area contributed by atoms with E-state index in [-0.39, 0.29) is 6.54 Å². The van der Waals surface area contributed by atoms with Crippen molar-refractivity contribution in [3.63, 3.8) is 0 Å². The van der Waals surface area contributed by atoms with E-state index in [9.17, 15) is 4.79 Å². The molecule has 0 amide bonds. The van der Waals surface area contributed by atoms with Crippen molar-refractivity contribution in [1.29, 1.82) is 0 Å². The molecule has 1 fully saturated rings. The predicted octanol–water partition coefficient (Wildman–Crippen LogP) is 0.420. The highest BCUT2D eigenvalue weighted by atomic mass is 35.5. The Balaban J connectivity index is 2.09. The van der Waals surface area contributed by atoms with Crippen LogP contribution in [0.25, 0.3) is 0 Å². The molecule has 2 rings (SSSR count). The summed E-state index contributed by atoms with van der Waals surface area (Å²) in [5, 5.41) is 16.8. The van der Waals surface area contributed by atoms with Gasteiger partial charge in [-0.25, -0.2) is 4.79 Å². The van der Waals surface area contributed by atoms with Crippen molar-refractivity contribution in [3.8, 4) is 0 Å². The van der Waals surface area contributed by atoms with Gasteiger partial charge in [-0.2, -0.15) is 0 Å². The fourth-order valence-corrected chi connectivity index (χ4v) is 1.59. The second kappa shape index (κ2) is 4.63. The molecule has 1 saturated heterocycles. The van der Waals surface area contributed by atoms with E-state index in [1.54, 1.807) is 12.1 Å². The Morgan fingerprint density at radius 3 is 3.00 bits per heavy atom. The molecule has 0 unspecified atom stereocenters. The molecule has 1 atom stereocenters. The monoisotopic (exact) mass is 243 g/mol. The van der Waals surface area contributed by atoms with Crippen LogP contribution in [0.5, 0.6) is 0 Å². The number of rotatable bonds is 2. The number of carboxylic acid groups (broad SMARTS) is 1. The van der Waals surface area contributed by atoms with Crippen LogP contribution in [0.3, 0.4) is 0 Å². The first-order chi connectivity index (χ1) is 7.66. The number of morpholine rings is 1. The lowest BCUT2D eigenvalue weighted by molar-refractivity contribution is -0.150. The molecule has 0 bridgehead atoms. The number of hydrogen-bond donors (Lipinski definition) is 1. The molecular weight excluding hydrogens is 234 g/mol. The summed E-state index contributed by atoms with van der Waals surface area (Å²) in [7, 11) is 0. The number of halogens is 1. The molecule has 6 nitrogen and oxygen atoms in total. The summed E-state index contributed by atoms with van der Waals surface area (Å²) in [6.45, 7) is 1.23. The van der Waals surface area contributed by atoms with Crippen molar-refractivity contribution >= 4 is 23.4 Å². The fourth-order valence-electron chi connectivity index (χ4n) is 1.48. The minimum atomic E-state index is -0.966. The smallest absolute Gasteiger partial charge is 0.334 e.